The van der Waals surface area contributed by atoms with E-state index < -0.39 is 0 Å². The SMILES string of the molecule is COc1cccc2c1N(C(=O)c1ncn[nH]1)CCC2. The number of methoxy groups -OCH3 is 1. The van der Waals surface area contributed by atoms with Gasteiger partial charge in [-0.3, -0.25) is 9.89 Å². The molecule has 1 aromatic carbocycles. The largest absolute Gasteiger partial charge is 0.495 e. The molecule has 0 saturated heterocycles. The molecular weight excluding hydrogens is 244 g/mol. The van der Waals surface area contributed by atoms with Gasteiger partial charge in [-0.1, -0.05) is 12.1 Å². The first kappa shape index (κ1) is 11.7. The standard InChI is InChI=1S/C13H14N4O2/c1-19-10-6-2-4-9-5-3-7-17(11(9)10)13(18)12-14-8-15-16-12/h2,4,6,8H,3,5,7H2,1H3,(H,14,15,16). The summed E-state index contributed by atoms with van der Waals surface area (Å²) in [7, 11) is 1.61. The van der Waals surface area contributed by atoms with Gasteiger partial charge in [0.15, 0.2) is 0 Å². The highest BCUT2D eigenvalue weighted by atomic mass is 16.5. The Balaban J connectivity index is 2.05. The number of para-hydroxylation sites is 1. The zero-order valence-corrected chi connectivity index (χ0v) is 10.6. The van der Waals surface area contributed by atoms with Gasteiger partial charge in [0, 0.05) is 6.54 Å². The average Bonchev–Trinajstić information content (AvgIpc) is 2.99. The molecule has 2 aromatic rings. The predicted octanol–water partition coefficient (Wildman–Crippen LogP) is 1.41. The fourth-order valence-electron chi connectivity index (χ4n) is 2.42. The van der Waals surface area contributed by atoms with Crippen LogP contribution >= 0.6 is 0 Å². The summed E-state index contributed by atoms with van der Waals surface area (Å²) in [5.74, 6) is 0.784. The van der Waals surface area contributed by atoms with Gasteiger partial charge < -0.3 is 9.64 Å². The van der Waals surface area contributed by atoms with Gasteiger partial charge in [-0.15, -0.1) is 0 Å². The van der Waals surface area contributed by atoms with Crippen molar-refractivity contribution in [1.29, 1.82) is 0 Å². The topological polar surface area (TPSA) is 71.1 Å². The molecule has 3 rings (SSSR count). The third-order valence-electron chi connectivity index (χ3n) is 3.26. The van der Waals surface area contributed by atoms with E-state index in [4.69, 9.17) is 4.74 Å². The van der Waals surface area contributed by atoms with Crippen molar-refractivity contribution in [1.82, 2.24) is 15.2 Å². The molecule has 6 heteroatoms. The third-order valence-corrected chi connectivity index (χ3v) is 3.26. The molecule has 19 heavy (non-hydrogen) atoms. The number of hydrogen-bond acceptors (Lipinski definition) is 4. The summed E-state index contributed by atoms with van der Waals surface area (Å²) < 4.78 is 5.37. The number of anilines is 1. The Kier molecular flexibility index (Phi) is 2.91. The monoisotopic (exact) mass is 258 g/mol. The molecule has 1 aliphatic heterocycles. The molecule has 0 fully saturated rings. The van der Waals surface area contributed by atoms with Crippen LogP contribution in [0.2, 0.25) is 0 Å². The van der Waals surface area contributed by atoms with Crippen molar-refractivity contribution in [2.45, 2.75) is 12.8 Å². The summed E-state index contributed by atoms with van der Waals surface area (Å²) in [5.41, 5.74) is 1.97. The minimum absolute atomic E-state index is 0.178. The Hall–Kier alpha value is -2.37. The van der Waals surface area contributed by atoms with Crippen LogP contribution in [0.4, 0.5) is 5.69 Å². The Bertz CT molecular complexity index is 580. The summed E-state index contributed by atoms with van der Waals surface area (Å²) in [6.07, 6.45) is 3.22. The van der Waals surface area contributed by atoms with E-state index in [1.807, 2.05) is 18.2 Å². The smallest absolute Gasteiger partial charge is 0.295 e. The maximum absolute atomic E-state index is 12.4. The fourth-order valence-corrected chi connectivity index (χ4v) is 2.42. The number of carbonyl (C=O) groups excluding carboxylic acids is 1. The maximum Gasteiger partial charge on any atom is 0.295 e. The van der Waals surface area contributed by atoms with Crippen LogP contribution in [0.15, 0.2) is 24.5 Å². The van der Waals surface area contributed by atoms with Gasteiger partial charge in [-0.2, -0.15) is 5.10 Å². The fraction of sp³-hybridized carbons (Fsp3) is 0.308. The molecule has 0 saturated carbocycles. The van der Waals surface area contributed by atoms with Gasteiger partial charge in [-0.25, -0.2) is 4.98 Å². The lowest BCUT2D eigenvalue weighted by Crippen LogP contribution is -2.36. The minimum Gasteiger partial charge on any atom is -0.495 e. The molecule has 6 nitrogen and oxygen atoms in total. The van der Waals surface area contributed by atoms with E-state index in [0.29, 0.717) is 12.3 Å². The molecule has 1 amide bonds. The van der Waals surface area contributed by atoms with Crippen molar-refractivity contribution in [3.05, 3.63) is 35.9 Å². The second-order valence-corrected chi connectivity index (χ2v) is 4.36. The first-order chi connectivity index (χ1) is 9.31. The van der Waals surface area contributed by atoms with Crippen molar-refractivity contribution < 1.29 is 9.53 Å². The molecule has 0 aliphatic carbocycles. The second kappa shape index (κ2) is 4.72. The van der Waals surface area contributed by atoms with Crippen LogP contribution in [0.25, 0.3) is 0 Å². The van der Waals surface area contributed by atoms with E-state index in [0.717, 1.165) is 24.1 Å². The number of aromatic amines is 1. The number of nitrogens with zero attached hydrogens (tertiary/aromatic N) is 3. The number of amides is 1. The molecule has 0 atom stereocenters. The van der Waals surface area contributed by atoms with Crippen LogP contribution < -0.4 is 9.64 Å². The lowest BCUT2D eigenvalue weighted by molar-refractivity contribution is 0.0975. The van der Waals surface area contributed by atoms with Gasteiger partial charge >= 0.3 is 0 Å². The van der Waals surface area contributed by atoms with Crippen LogP contribution in [0, 0.1) is 0 Å². The summed E-state index contributed by atoms with van der Waals surface area (Å²) in [6, 6.07) is 5.84. The summed E-state index contributed by atoms with van der Waals surface area (Å²) in [4.78, 5) is 18.1. The molecule has 98 valence electrons. The molecular formula is C13H14N4O2. The first-order valence-corrected chi connectivity index (χ1v) is 6.14. The predicted molar refractivity (Wildman–Crippen MR) is 69.4 cm³/mol. The molecule has 0 bridgehead atoms. The maximum atomic E-state index is 12.4. The number of benzene rings is 1. The van der Waals surface area contributed by atoms with Crippen LogP contribution in [0.5, 0.6) is 5.75 Å². The number of fused-ring (bicyclic) bond motifs is 1. The van der Waals surface area contributed by atoms with E-state index in [9.17, 15) is 4.79 Å². The number of ether oxygens (including phenoxy) is 1. The molecule has 1 aliphatic rings. The summed E-state index contributed by atoms with van der Waals surface area (Å²) >= 11 is 0. The average molecular weight is 258 g/mol. The van der Waals surface area contributed by atoms with Gasteiger partial charge in [0.1, 0.15) is 12.1 Å². The second-order valence-electron chi connectivity index (χ2n) is 4.36. The molecule has 0 unspecified atom stereocenters. The number of H-pyrrole nitrogens is 1. The molecule has 0 radical (unpaired) electrons. The summed E-state index contributed by atoms with van der Waals surface area (Å²) in [6.45, 7) is 0.660. The number of aromatic nitrogens is 3. The van der Waals surface area contributed by atoms with Crippen molar-refractivity contribution in [2.75, 3.05) is 18.6 Å². The molecule has 1 aromatic heterocycles. The van der Waals surface area contributed by atoms with Gasteiger partial charge in [0.05, 0.1) is 12.8 Å². The Morgan fingerprint density at radius 2 is 2.37 bits per heavy atom. The van der Waals surface area contributed by atoms with Gasteiger partial charge in [0.25, 0.3) is 5.91 Å². The number of carbonyl (C=O) groups is 1. The minimum atomic E-state index is -0.178. The van der Waals surface area contributed by atoms with E-state index >= 15 is 0 Å². The zero-order valence-electron chi connectivity index (χ0n) is 10.6. The van der Waals surface area contributed by atoms with Crippen LogP contribution in [-0.4, -0.2) is 34.7 Å². The number of rotatable bonds is 2. The highest BCUT2D eigenvalue weighted by Crippen LogP contribution is 2.36. The Morgan fingerprint density at radius 3 is 3.11 bits per heavy atom. The Morgan fingerprint density at radius 1 is 1.47 bits per heavy atom. The normalized spacial score (nSPS) is 14.1. The summed E-state index contributed by atoms with van der Waals surface area (Å²) in [5, 5.41) is 6.33. The van der Waals surface area contributed by atoms with Crippen molar-refractivity contribution in [2.24, 2.45) is 0 Å². The third kappa shape index (κ3) is 1.95. The van der Waals surface area contributed by atoms with Crippen molar-refractivity contribution in [3.63, 3.8) is 0 Å². The number of nitrogens with one attached hydrogen (secondary N) is 1. The van der Waals surface area contributed by atoms with Crippen molar-refractivity contribution >= 4 is 11.6 Å². The first-order valence-electron chi connectivity index (χ1n) is 6.14. The molecule has 1 N–H and O–H groups in total. The highest BCUT2D eigenvalue weighted by molar-refractivity contribution is 6.05. The highest BCUT2D eigenvalue weighted by Gasteiger charge is 2.27. The van der Waals surface area contributed by atoms with E-state index in [-0.39, 0.29) is 11.7 Å². The van der Waals surface area contributed by atoms with Crippen LogP contribution in [0.3, 0.4) is 0 Å². The van der Waals surface area contributed by atoms with Crippen LogP contribution in [0.1, 0.15) is 22.6 Å². The quantitative estimate of drug-likeness (QED) is 0.884. The van der Waals surface area contributed by atoms with E-state index in [1.165, 1.54) is 6.33 Å². The van der Waals surface area contributed by atoms with Gasteiger partial charge in [0.2, 0.25) is 5.82 Å². The van der Waals surface area contributed by atoms with Crippen LogP contribution in [-0.2, 0) is 6.42 Å². The van der Waals surface area contributed by atoms with E-state index in [2.05, 4.69) is 15.2 Å². The lowest BCUT2D eigenvalue weighted by Gasteiger charge is -2.30. The number of aryl methyl sites for hydroxylation is 1. The van der Waals surface area contributed by atoms with E-state index in [1.54, 1.807) is 12.0 Å². The van der Waals surface area contributed by atoms with Crippen molar-refractivity contribution in [3.8, 4) is 5.75 Å². The lowest BCUT2D eigenvalue weighted by atomic mass is 10.0. The number of hydrogen-bond donors (Lipinski definition) is 1. The molecule has 0 spiro atoms. The Labute approximate surface area is 110 Å². The van der Waals surface area contributed by atoms with Gasteiger partial charge in [-0.05, 0) is 24.5 Å². The zero-order chi connectivity index (χ0) is 13.2. The molecule has 2 heterocycles.